The van der Waals surface area contributed by atoms with E-state index in [0.29, 0.717) is 82.9 Å². The first-order valence-corrected chi connectivity index (χ1v) is 35.8. The monoisotopic (exact) mass is 1480 g/mol. The van der Waals surface area contributed by atoms with E-state index in [2.05, 4.69) is 21.3 Å². The minimum atomic E-state index is -1.38. The Bertz CT molecular complexity index is 4220. The van der Waals surface area contributed by atoms with Gasteiger partial charge in [0, 0.05) is 59.0 Å². The summed E-state index contributed by atoms with van der Waals surface area (Å²) < 4.78 is 45.1. The third-order valence-corrected chi connectivity index (χ3v) is 18.4. The molecule has 4 heterocycles. The number of carboxylic acid groups (broad SMARTS) is 2. The Hall–Kier alpha value is -10.5. The second kappa shape index (κ2) is 33.1. The molecule has 4 aliphatic rings. The number of amides is 6. The van der Waals surface area contributed by atoms with Gasteiger partial charge in [-0.15, -0.1) is 0 Å². The molecule has 2 saturated heterocycles. The molecule has 4 fully saturated rings. The molecule has 2 saturated carbocycles. The van der Waals surface area contributed by atoms with Crippen molar-refractivity contribution in [3.8, 4) is 45.5 Å². The summed E-state index contributed by atoms with van der Waals surface area (Å²) in [5, 5.41) is 31.1. The highest BCUT2D eigenvalue weighted by molar-refractivity contribution is 5.97. The van der Waals surface area contributed by atoms with Crippen LogP contribution in [0.1, 0.15) is 155 Å². The fraction of sp³-hybridized carbons (Fsp3) is 0.512. The number of aromatic nitrogens is 2. The number of carbonyl (C=O) groups is 9. The highest BCUT2D eigenvalue weighted by Crippen LogP contribution is 2.40. The maximum absolute atomic E-state index is 14.4. The number of aliphatic carboxylic acids is 2. The number of pyridine rings is 2. The number of likely N-dealkylation sites (tertiary alicyclic amines) is 2. The lowest BCUT2D eigenvalue weighted by Crippen LogP contribution is -2.63. The molecule has 0 spiro atoms. The van der Waals surface area contributed by atoms with E-state index < -0.39 is 129 Å². The number of carbonyl (C=O) groups excluding carboxylic acids is 7. The maximum atomic E-state index is 14.4. The minimum absolute atomic E-state index is 0.0141. The van der Waals surface area contributed by atoms with Crippen LogP contribution in [-0.2, 0) is 47.7 Å². The summed E-state index contributed by atoms with van der Waals surface area (Å²) in [5.74, 6) is -1.82. The first kappa shape index (κ1) is 82.2. The van der Waals surface area contributed by atoms with Crippen LogP contribution in [0.2, 0.25) is 0 Å². The van der Waals surface area contributed by atoms with E-state index in [0.717, 1.165) is 22.9 Å². The molecule has 27 heteroatoms. The zero-order valence-electron chi connectivity index (χ0n) is 64.6. The number of methoxy groups -OCH3 is 3. The number of nitrogens with zero attached hydrogens (tertiary/aromatic N) is 4. The molecule has 2 aliphatic heterocycles. The SMILES string of the molecule is CC(C)(C)OC(=O)N[C@H](C(=O)O)C(C)(C)C.COC(=O)C1(NC(=O)[C@@H]2CC(Oc3cc(-c4ccccc4)nc4cc(OC)ccc34)CN2C(=O)OC(C)(C)C)CCC1.COc1ccc2c(OC3C[C@@H](C(=O)NC4(C(=O)O)CCC4)N(C(=O)[C@@H](NC(=O)OC(C)(C)C)C(C)(C)C)C3)cc(-c3ccccc3)nc2c1. The lowest BCUT2D eigenvalue weighted by molar-refractivity contribution is -0.155. The number of fused-ring (bicyclic) bond motifs is 2. The second-order valence-electron chi connectivity index (χ2n) is 32.5. The number of benzene rings is 4. The molecule has 2 unspecified atom stereocenters. The smallest absolute Gasteiger partial charge is 0.411 e. The van der Waals surface area contributed by atoms with Crippen molar-refractivity contribution >= 4 is 75.7 Å². The van der Waals surface area contributed by atoms with Crippen LogP contribution in [0.3, 0.4) is 0 Å². The standard InChI is InChI=1S/C37H46N4O8.C32H37N3O7.C11H21NO4/c1-35(2,3)30(39-34(46)49-36(4,5)6)32(43)41-21-24(19-28(41)31(42)40-37(33(44)45)16-11-17-37)48-29-20-26(22-12-9-8-10-13-22)38-27-18-23(47-7)14-15-25(27)29;1-31(2,3)42-30(38)35-19-22(17-26(35)28(36)34-32(14-9-15-32)29(37)40-5)41-27-18-24(20-10-7-6-8-11-20)33-25-16-21(39-4)12-13-23(25)27;1-10(2,3)7(8(13)14)12-9(15)16-11(4,5)6/h8-10,12-15,18,20,24,28,30H,11,16-17,19,21H2,1-7H3,(H,39,46)(H,40,42)(H,44,45);6-8,10-13,16,18,22,26H,9,14-15,17,19H2,1-5H3,(H,34,36);7H,1-6H3,(H,12,15)(H,13,14)/t24?,28-,30+;22?,26-;7-/m001/s1. The van der Waals surface area contributed by atoms with Crippen LogP contribution in [0, 0.1) is 10.8 Å². The van der Waals surface area contributed by atoms with E-state index in [9.17, 15) is 48.3 Å². The van der Waals surface area contributed by atoms with Gasteiger partial charge in [-0.05, 0) is 136 Å². The maximum Gasteiger partial charge on any atom is 0.411 e. The molecule has 107 heavy (non-hydrogen) atoms. The Morgan fingerprint density at radius 1 is 0.495 bits per heavy atom. The summed E-state index contributed by atoms with van der Waals surface area (Å²) in [5.41, 5.74) is -1.49. The van der Waals surface area contributed by atoms with Gasteiger partial charge in [-0.1, -0.05) is 102 Å². The Kier molecular flexibility index (Phi) is 25.4. The molecule has 578 valence electrons. The Labute approximate surface area is 624 Å². The highest BCUT2D eigenvalue weighted by atomic mass is 16.6. The molecule has 2 aromatic heterocycles. The largest absolute Gasteiger partial charge is 0.497 e. The van der Waals surface area contributed by atoms with Crippen LogP contribution in [0.15, 0.2) is 109 Å². The van der Waals surface area contributed by atoms with Crippen LogP contribution in [0.5, 0.6) is 23.0 Å². The summed E-state index contributed by atoms with van der Waals surface area (Å²) in [4.78, 5) is 128. The van der Waals surface area contributed by atoms with Crippen molar-refractivity contribution in [1.29, 1.82) is 0 Å². The van der Waals surface area contributed by atoms with Gasteiger partial charge in [0.15, 0.2) is 0 Å². The fourth-order valence-electron chi connectivity index (χ4n) is 12.7. The second-order valence-corrected chi connectivity index (χ2v) is 32.5. The number of hydrogen-bond acceptors (Lipinski definition) is 19. The van der Waals surface area contributed by atoms with Crippen LogP contribution in [-0.4, -0.2) is 183 Å². The van der Waals surface area contributed by atoms with Crippen LogP contribution < -0.4 is 40.2 Å². The van der Waals surface area contributed by atoms with Crippen LogP contribution >= 0.6 is 0 Å². The number of ether oxygens (including phenoxy) is 8. The van der Waals surface area contributed by atoms with Gasteiger partial charge in [-0.2, -0.15) is 0 Å². The average molecular weight is 1480 g/mol. The van der Waals surface area contributed by atoms with E-state index in [4.69, 9.17) is 53.0 Å². The van der Waals surface area contributed by atoms with Crippen molar-refractivity contribution < 1.29 is 91.3 Å². The van der Waals surface area contributed by atoms with Gasteiger partial charge in [-0.25, -0.2) is 38.7 Å². The third-order valence-electron chi connectivity index (χ3n) is 18.4. The molecule has 27 nitrogen and oxygen atoms in total. The van der Waals surface area contributed by atoms with Crippen molar-refractivity contribution in [2.75, 3.05) is 34.4 Å². The zero-order chi connectivity index (χ0) is 78.9. The molecule has 6 aromatic rings. The molecule has 0 radical (unpaired) electrons. The normalized spacial score (nSPS) is 18.6. The van der Waals surface area contributed by atoms with Crippen molar-refractivity contribution in [3.05, 3.63) is 109 Å². The summed E-state index contributed by atoms with van der Waals surface area (Å²) in [6, 6.07) is 30.1. The molecule has 2 aliphatic carbocycles. The predicted octanol–water partition coefficient (Wildman–Crippen LogP) is 12.2. The van der Waals surface area contributed by atoms with E-state index in [1.165, 1.54) is 16.9 Å². The molecular weight excluding hydrogens is 1380 g/mol. The van der Waals surface area contributed by atoms with Crippen molar-refractivity contribution in [1.82, 2.24) is 41.0 Å². The van der Waals surface area contributed by atoms with Crippen molar-refractivity contribution in [2.45, 2.75) is 219 Å². The van der Waals surface area contributed by atoms with E-state index in [1.54, 1.807) is 103 Å². The summed E-state index contributed by atoms with van der Waals surface area (Å²) in [7, 11) is 4.48. The fourth-order valence-corrected chi connectivity index (χ4v) is 12.7. The molecule has 6 amide bonds. The first-order chi connectivity index (χ1) is 49.9. The van der Waals surface area contributed by atoms with Gasteiger partial charge in [-0.3, -0.25) is 19.3 Å². The van der Waals surface area contributed by atoms with E-state index in [1.807, 2.05) is 124 Å². The average Bonchev–Trinajstić information content (AvgIpc) is 1.69. The summed E-state index contributed by atoms with van der Waals surface area (Å²) in [6.07, 6.45) is 0.0622. The van der Waals surface area contributed by atoms with Gasteiger partial charge in [0.1, 0.15) is 87.3 Å². The lowest BCUT2D eigenvalue weighted by atomic mass is 9.76. The summed E-state index contributed by atoms with van der Waals surface area (Å²) >= 11 is 0. The quantitative estimate of drug-likeness (QED) is 0.0344. The van der Waals surface area contributed by atoms with Crippen LogP contribution in [0.25, 0.3) is 44.3 Å². The Balaban J connectivity index is 0.000000226. The summed E-state index contributed by atoms with van der Waals surface area (Å²) in [6.45, 7) is 26.4. The number of alkyl carbamates (subject to hydrolysis) is 2. The van der Waals surface area contributed by atoms with Crippen molar-refractivity contribution in [2.24, 2.45) is 10.8 Å². The molecular formula is C80H104N8O19. The van der Waals surface area contributed by atoms with Gasteiger partial charge >= 0.3 is 36.2 Å². The number of hydrogen-bond donors (Lipinski definition) is 6. The van der Waals surface area contributed by atoms with Crippen molar-refractivity contribution in [3.63, 3.8) is 0 Å². The van der Waals surface area contributed by atoms with E-state index >= 15 is 0 Å². The minimum Gasteiger partial charge on any atom is -0.497 e. The third kappa shape index (κ3) is 21.2. The number of carboxylic acids is 2. The van der Waals surface area contributed by atoms with Crippen LogP contribution in [0.4, 0.5) is 14.4 Å². The molecule has 10 rings (SSSR count). The highest BCUT2D eigenvalue weighted by Gasteiger charge is 2.53. The topological polar surface area (TPSA) is 348 Å². The Morgan fingerprint density at radius 3 is 1.24 bits per heavy atom. The first-order valence-electron chi connectivity index (χ1n) is 35.8. The molecule has 6 atom stereocenters. The molecule has 4 aromatic carbocycles. The number of rotatable bonds is 18. The van der Waals surface area contributed by atoms with Gasteiger partial charge in [0.25, 0.3) is 0 Å². The van der Waals surface area contributed by atoms with Gasteiger partial charge < -0.3 is 74.3 Å². The number of esters is 1. The van der Waals surface area contributed by atoms with Gasteiger partial charge in [0.05, 0.1) is 56.8 Å². The molecule has 6 N–H and O–H groups in total. The lowest BCUT2D eigenvalue weighted by Gasteiger charge is -2.40. The Morgan fingerprint density at radius 2 is 0.888 bits per heavy atom. The van der Waals surface area contributed by atoms with E-state index in [-0.39, 0.29) is 25.9 Å². The molecule has 0 bridgehead atoms. The number of nitrogens with one attached hydrogen (secondary N) is 4. The zero-order valence-corrected chi connectivity index (χ0v) is 64.6. The predicted molar refractivity (Wildman–Crippen MR) is 400 cm³/mol. The van der Waals surface area contributed by atoms with Gasteiger partial charge in [0.2, 0.25) is 17.7 Å².